The number of β-amino-alcohol motifs (C(OH)–C–C–N with tert-alkyl or cyclic N) is 1. The van der Waals surface area contributed by atoms with E-state index in [1.165, 1.54) is 0 Å². The van der Waals surface area contributed by atoms with Crippen LogP contribution in [0.3, 0.4) is 0 Å². The highest BCUT2D eigenvalue weighted by Crippen LogP contribution is 2.34. The molecule has 0 spiro atoms. The Bertz CT molecular complexity index is 747. The molecule has 0 saturated carbocycles. The molecule has 1 aliphatic rings. The first-order valence-electron chi connectivity index (χ1n) is 7.90. The molecule has 1 saturated heterocycles. The molecule has 0 radical (unpaired) electrons. The summed E-state index contributed by atoms with van der Waals surface area (Å²) in [6.45, 7) is 0.0309. The summed E-state index contributed by atoms with van der Waals surface area (Å²) in [6, 6.07) is 8.89. The molecule has 0 amide bonds. The highest BCUT2D eigenvalue weighted by Gasteiger charge is 2.36. The fourth-order valence-electron chi connectivity index (χ4n) is 2.90. The standard InChI is InChI=1S/C16H18N2O5.CH2O2/c19-10-16(22)7-4-8-18(9-16)14-12(15(20)21)13(23-17-14)11-5-2-1-3-6-11;2-1-3/h1-3,5-6,19,22H,4,7-10H2,(H,20,21);1H,(H,2,3). The summed E-state index contributed by atoms with van der Waals surface area (Å²) >= 11 is 0. The van der Waals surface area contributed by atoms with Gasteiger partial charge in [0.25, 0.3) is 6.47 Å². The van der Waals surface area contributed by atoms with Gasteiger partial charge in [-0.05, 0) is 12.8 Å². The van der Waals surface area contributed by atoms with Crippen LogP contribution in [0.25, 0.3) is 11.3 Å². The lowest BCUT2D eigenvalue weighted by Gasteiger charge is -2.38. The van der Waals surface area contributed by atoms with E-state index in [1.807, 2.05) is 6.07 Å². The maximum atomic E-state index is 11.7. The van der Waals surface area contributed by atoms with Gasteiger partial charge in [0, 0.05) is 12.1 Å². The number of carboxylic acids is 1. The number of carboxylic acid groups (broad SMARTS) is 2. The Balaban J connectivity index is 0.000000758. The summed E-state index contributed by atoms with van der Waals surface area (Å²) in [4.78, 5) is 21.7. The number of nitrogens with zero attached hydrogens (tertiary/aromatic N) is 2. The fraction of sp³-hybridized carbons (Fsp3) is 0.353. The predicted molar refractivity (Wildman–Crippen MR) is 91.1 cm³/mol. The van der Waals surface area contributed by atoms with Crippen molar-refractivity contribution in [2.75, 3.05) is 24.6 Å². The number of aliphatic hydroxyl groups excluding tert-OH is 1. The Morgan fingerprint density at radius 2 is 2.00 bits per heavy atom. The van der Waals surface area contributed by atoms with E-state index in [0.717, 1.165) is 0 Å². The van der Waals surface area contributed by atoms with Gasteiger partial charge in [0.2, 0.25) is 0 Å². The van der Waals surface area contributed by atoms with E-state index in [1.54, 1.807) is 29.2 Å². The van der Waals surface area contributed by atoms with Crippen molar-refractivity contribution in [3.05, 3.63) is 35.9 Å². The molecule has 1 unspecified atom stereocenters. The van der Waals surface area contributed by atoms with Crippen molar-refractivity contribution in [2.24, 2.45) is 0 Å². The van der Waals surface area contributed by atoms with Gasteiger partial charge in [0.05, 0.1) is 13.2 Å². The molecule has 4 N–H and O–H groups in total. The number of benzene rings is 1. The van der Waals surface area contributed by atoms with Crippen LogP contribution < -0.4 is 4.90 Å². The van der Waals surface area contributed by atoms with Gasteiger partial charge < -0.3 is 29.8 Å². The van der Waals surface area contributed by atoms with E-state index in [4.69, 9.17) is 14.4 Å². The van der Waals surface area contributed by atoms with Crippen LogP contribution in [0.5, 0.6) is 0 Å². The number of hydrogen-bond donors (Lipinski definition) is 4. The Kier molecular flexibility index (Phi) is 6.31. The highest BCUT2D eigenvalue weighted by molar-refractivity contribution is 5.99. The van der Waals surface area contributed by atoms with Gasteiger partial charge in [-0.15, -0.1) is 0 Å². The van der Waals surface area contributed by atoms with Crippen LogP contribution in [0.1, 0.15) is 23.2 Å². The zero-order valence-electron chi connectivity index (χ0n) is 13.9. The fourth-order valence-corrected chi connectivity index (χ4v) is 2.90. The van der Waals surface area contributed by atoms with Gasteiger partial charge in [-0.3, -0.25) is 4.79 Å². The molecule has 1 aromatic carbocycles. The quantitative estimate of drug-likeness (QED) is 0.585. The molecule has 140 valence electrons. The lowest BCUT2D eigenvalue weighted by molar-refractivity contribution is -0.122. The summed E-state index contributed by atoms with van der Waals surface area (Å²) in [5.74, 6) is -0.771. The highest BCUT2D eigenvalue weighted by atomic mass is 16.5. The minimum absolute atomic E-state index is 0.0293. The number of rotatable bonds is 4. The molecule has 2 aromatic rings. The van der Waals surface area contributed by atoms with Gasteiger partial charge in [0.15, 0.2) is 17.1 Å². The molecule has 9 nitrogen and oxygen atoms in total. The van der Waals surface area contributed by atoms with Gasteiger partial charge in [0.1, 0.15) is 5.60 Å². The number of piperidine rings is 1. The third-order valence-corrected chi connectivity index (χ3v) is 4.07. The lowest BCUT2D eigenvalue weighted by Crippen LogP contribution is -2.51. The van der Waals surface area contributed by atoms with Crippen molar-refractivity contribution in [3.63, 3.8) is 0 Å². The average Bonchev–Trinajstić information content (AvgIpc) is 3.09. The number of aromatic carboxylic acids is 1. The normalized spacial score (nSPS) is 19.4. The van der Waals surface area contributed by atoms with Crippen molar-refractivity contribution in [2.45, 2.75) is 18.4 Å². The summed E-state index contributed by atoms with van der Waals surface area (Å²) in [6.07, 6.45) is 1.09. The molecule has 1 aliphatic heterocycles. The summed E-state index contributed by atoms with van der Waals surface area (Å²) in [7, 11) is 0. The summed E-state index contributed by atoms with van der Waals surface area (Å²) in [5, 5.41) is 40.0. The topological polar surface area (TPSA) is 144 Å². The van der Waals surface area contributed by atoms with Crippen molar-refractivity contribution >= 4 is 18.3 Å². The SMILES string of the molecule is O=C(O)c1c(N2CCCC(O)(CO)C2)noc1-c1ccccc1.O=CO. The molecule has 3 rings (SSSR count). The van der Waals surface area contributed by atoms with E-state index in [-0.39, 0.29) is 36.8 Å². The van der Waals surface area contributed by atoms with Gasteiger partial charge >= 0.3 is 5.97 Å². The average molecular weight is 364 g/mol. The Labute approximate surface area is 149 Å². The molecule has 26 heavy (non-hydrogen) atoms. The maximum absolute atomic E-state index is 11.7. The molecular weight excluding hydrogens is 344 g/mol. The van der Waals surface area contributed by atoms with E-state index < -0.39 is 11.6 Å². The summed E-state index contributed by atoms with van der Waals surface area (Å²) < 4.78 is 5.28. The number of hydrogen-bond acceptors (Lipinski definition) is 7. The van der Waals surface area contributed by atoms with Crippen molar-refractivity contribution in [3.8, 4) is 11.3 Å². The predicted octanol–water partition coefficient (Wildman–Crippen LogP) is 1.06. The Morgan fingerprint density at radius 3 is 2.58 bits per heavy atom. The van der Waals surface area contributed by atoms with Crippen molar-refractivity contribution in [1.29, 1.82) is 0 Å². The van der Waals surface area contributed by atoms with Crippen LogP contribution in [0, 0.1) is 0 Å². The lowest BCUT2D eigenvalue weighted by atomic mass is 9.93. The Hall–Kier alpha value is -2.91. The third kappa shape index (κ3) is 4.19. The first kappa shape index (κ1) is 19.4. The molecule has 1 aromatic heterocycles. The second-order valence-corrected chi connectivity index (χ2v) is 5.89. The minimum Gasteiger partial charge on any atom is -0.483 e. The van der Waals surface area contributed by atoms with Crippen LogP contribution in [0.2, 0.25) is 0 Å². The van der Waals surface area contributed by atoms with Crippen LogP contribution in [-0.2, 0) is 4.79 Å². The number of carbonyl (C=O) groups is 2. The smallest absolute Gasteiger partial charge is 0.343 e. The largest absolute Gasteiger partial charge is 0.483 e. The van der Waals surface area contributed by atoms with Crippen LogP contribution in [0.4, 0.5) is 5.82 Å². The van der Waals surface area contributed by atoms with Crippen molar-refractivity contribution in [1.82, 2.24) is 5.16 Å². The molecule has 0 aliphatic carbocycles. The van der Waals surface area contributed by atoms with Crippen LogP contribution in [-0.4, -0.2) is 63.3 Å². The first-order chi connectivity index (χ1) is 12.5. The molecule has 1 atom stereocenters. The molecule has 1 fully saturated rings. The van der Waals surface area contributed by atoms with Gasteiger partial charge in [-0.25, -0.2) is 4.79 Å². The van der Waals surface area contributed by atoms with Crippen LogP contribution >= 0.6 is 0 Å². The van der Waals surface area contributed by atoms with E-state index in [2.05, 4.69) is 5.16 Å². The van der Waals surface area contributed by atoms with E-state index in [9.17, 15) is 20.1 Å². The zero-order chi connectivity index (χ0) is 19.2. The van der Waals surface area contributed by atoms with Crippen molar-refractivity contribution < 1.29 is 34.5 Å². The third-order valence-electron chi connectivity index (χ3n) is 4.07. The number of aromatic nitrogens is 1. The monoisotopic (exact) mass is 364 g/mol. The van der Waals surface area contributed by atoms with Crippen LogP contribution in [0.15, 0.2) is 34.9 Å². The second kappa shape index (κ2) is 8.45. The maximum Gasteiger partial charge on any atom is 0.343 e. The minimum atomic E-state index is -1.25. The Morgan fingerprint density at radius 1 is 1.35 bits per heavy atom. The molecule has 9 heteroatoms. The molecule has 0 bridgehead atoms. The van der Waals surface area contributed by atoms with E-state index >= 15 is 0 Å². The van der Waals surface area contributed by atoms with E-state index in [0.29, 0.717) is 24.9 Å². The van der Waals surface area contributed by atoms with Gasteiger partial charge in [-0.2, -0.15) is 0 Å². The van der Waals surface area contributed by atoms with Gasteiger partial charge in [-0.1, -0.05) is 35.5 Å². The second-order valence-electron chi connectivity index (χ2n) is 5.89. The number of aliphatic hydroxyl groups is 2. The zero-order valence-corrected chi connectivity index (χ0v) is 13.9. The molecular formula is C17H20N2O7. The number of anilines is 1. The molecule has 2 heterocycles. The summed E-state index contributed by atoms with van der Waals surface area (Å²) in [5.41, 5.74) is -0.656. The first-order valence-corrected chi connectivity index (χ1v) is 7.90.